The Morgan fingerprint density at radius 2 is 1.83 bits per heavy atom. The first-order valence-corrected chi connectivity index (χ1v) is 7.17. The minimum Gasteiger partial charge on any atom is -0.477 e. The van der Waals surface area contributed by atoms with Gasteiger partial charge in [0.05, 0.1) is 5.69 Å². The molecule has 0 amide bonds. The summed E-state index contributed by atoms with van der Waals surface area (Å²) >= 11 is 0. The number of hydrogen-bond donors (Lipinski definition) is 1. The van der Waals surface area contributed by atoms with Crippen molar-refractivity contribution in [3.05, 3.63) is 82.0 Å². The van der Waals surface area contributed by atoms with Crippen LogP contribution in [0.25, 0.3) is 17.1 Å². The largest absolute Gasteiger partial charge is 0.477 e. The molecule has 0 saturated heterocycles. The average Bonchev–Trinajstić information content (AvgIpc) is 2.58. The number of halogens is 1. The number of rotatable bonds is 3. The molecule has 3 aromatic rings. The Bertz CT molecular complexity index is 981. The number of nitrogens with zero attached hydrogens (tertiary/aromatic N) is 2. The van der Waals surface area contributed by atoms with Crippen molar-refractivity contribution in [1.82, 2.24) is 9.55 Å². The highest BCUT2D eigenvalue weighted by Crippen LogP contribution is 2.22. The Morgan fingerprint density at radius 1 is 1.12 bits per heavy atom. The number of aromatic nitrogens is 2. The molecule has 0 aliphatic heterocycles. The van der Waals surface area contributed by atoms with E-state index in [1.807, 2.05) is 6.07 Å². The standard InChI is InChI=1S/C18H13FN2O3/c1-11-14(19)8-5-9-15(11)21-16(12-6-3-2-4-7-12)20-10-13(17(21)22)18(23)24/h2-10H,1H3,(H,23,24). The van der Waals surface area contributed by atoms with Crippen molar-refractivity contribution >= 4 is 5.97 Å². The van der Waals surface area contributed by atoms with Crippen molar-refractivity contribution in [3.63, 3.8) is 0 Å². The van der Waals surface area contributed by atoms with Gasteiger partial charge in [-0.1, -0.05) is 36.4 Å². The van der Waals surface area contributed by atoms with E-state index in [0.29, 0.717) is 5.56 Å². The van der Waals surface area contributed by atoms with Crippen LogP contribution >= 0.6 is 0 Å². The van der Waals surface area contributed by atoms with Gasteiger partial charge in [0.15, 0.2) is 0 Å². The average molecular weight is 324 g/mol. The molecule has 0 saturated carbocycles. The minimum atomic E-state index is -1.38. The van der Waals surface area contributed by atoms with Crippen molar-refractivity contribution in [1.29, 1.82) is 0 Å². The van der Waals surface area contributed by atoms with Gasteiger partial charge < -0.3 is 5.11 Å². The zero-order chi connectivity index (χ0) is 17.3. The molecule has 1 N–H and O–H groups in total. The topological polar surface area (TPSA) is 72.2 Å². The third-order valence-electron chi connectivity index (χ3n) is 3.70. The maximum atomic E-state index is 13.9. The number of carbonyl (C=O) groups is 1. The number of carboxylic acids is 1. The van der Waals surface area contributed by atoms with Crippen LogP contribution in [-0.2, 0) is 0 Å². The lowest BCUT2D eigenvalue weighted by atomic mass is 10.1. The van der Waals surface area contributed by atoms with Crippen LogP contribution in [0.1, 0.15) is 15.9 Å². The summed E-state index contributed by atoms with van der Waals surface area (Å²) in [5, 5.41) is 9.19. The van der Waals surface area contributed by atoms with Gasteiger partial charge in [-0.15, -0.1) is 0 Å². The molecule has 3 rings (SSSR count). The molecule has 0 atom stereocenters. The highest BCUT2D eigenvalue weighted by atomic mass is 19.1. The quantitative estimate of drug-likeness (QED) is 0.804. The normalized spacial score (nSPS) is 10.6. The molecule has 0 aliphatic carbocycles. The highest BCUT2D eigenvalue weighted by Gasteiger charge is 2.19. The van der Waals surface area contributed by atoms with E-state index in [1.54, 1.807) is 30.3 Å². The lowest BCUT2D eigenvalue weighted by molar-refractivity contribution is 0.0694. The molecule has 0 unspecified atom stereocenters. The second kappa shape index (κ2) is 6.08. The fourth-order valence-electron chi connectivity index (χ4n) is 2.45. The van der Waals surface area contributed by atoms with Crippen molar-refractivity contribution in [2.45, 2.75) is 6.92 Å². The highest BCUT2D eigenvalue weighted by molar-refractivity contribution is 5.87. The maximum absolute atomic E-state index is 13.9. The predicted octanol–water partition coefficient (Wildman–Crippen LogP) is 3.05. The summed E-state index contributed by atoms with van der Waals surface area (Å²) in [5.41, 5.74) is -0.117. The van der Waals surface area contributed by atoms with Crippen molar-refractivity contribution < 1.29 is 14.3 Å². The summed E-state index contributed by atoms with van der Waals surface area (Å²) in [6, 6.07) is 13.1. The minimum absolute atomic E-state index is 0.237. The van der Waals surface area contributed by atoms with Gasteiger partial charge in [-0.25, -0.2) is 14.2 Å². The summed E-state index contributed by atoms with van der Waals surface area (Å²) in [4.78, 5) is 28.1. The van der Waals surface area contributed by atoms with Gasteiger partial charge in [-0.3, -0.25) is 9.36 Å². The number of aromatic carboxylic acids is 1. The number of hydrogen-bond acceptors (Lipinski definition) is 3. The zero-order valence-electron chi connectivity index (χ0n) is 12.7. The third kappa shape index (κ3) is 2.58. The van der Waals surface area contributed by atoms with E-state index in [9.17, 15) is 19.1 Å². The molecule has 1 aromatic heterocycles. The Kier molecular flexibility index (Phi) is 3.95. The Labute approximate surface area is 136 Å². The Hall–Kier alpha value is -3.28. The van der Waals surface area contributed by atoms with Crippen LogP contribution in [0.15, 0.2) is 59.5 Å². The van der Waals surface area contributed by atoms with Crippen LogP contribution in [0.2, 0.25) is 0 Å². The van der Waals surface area contributed by atoms with E-state index in [2.05, 4.69) is 4.98 Å². The van der Waals surface area contributed by atoms with Crippen LogP contribution in [0.3, 0.4) is 0 Å². The van der Waals surface area contributed by atoms with E-state index in [0.717, 1.165) is 10.8 Å². The summed E-state index contributed by atoms with van der Waals surface area (Å²) in [5.74, 6) is -1.62. The first kappa shape index (κ1) is 15.6. The van der Waals surface area contributed by atoms with Crippen LogP contribution in [-0.4, -0.2) is 20.6 Å². The van der Waals surface area contributed by atoms with Gasteiger partial charge in [0.1, 0.15) is 17.2 Å². The molecule has 5 nitrogen and oxygen atoms in total. The van der Waals surface area contributed by atoms with Crippen LogP contribution in [0.5, 0.6) is 0 Å². The van der Waals surface area contributed by atoms with Crippen molar-refractivity contribution in [2.24, 2.45) is 0 Å². The molecule has 0 fully saturated rings. The Morgan fingerprint density at radius 3 is 2.50 bits per heavy atom. The molecule has 120 valence electrons. The fourth-order valence-corrected chi connectivity index (χ4v) is 2.45. The molecule has 0 spiro atoms. The summed E-state index contributed by atoms with van der Waals surface area (Å²) in [7, 11) is 0. The second-order valence-corrected chi connectivity index (χ2v) is 5.19. The molecule has 0 bridgehead atoms. The van der Waals surface area contributed by atoms with Crippen LogP contribution < -0.4 is 5.56 Å². The molecular weight excluding hydrogens is 311 g/mol. The van der Waals surface area contributed by atoms with Gasteiger partial charge >= 0.3 is 5.97 Å². The van der Waals surface area contributed by atoms with E-state index in [1.165, 1.54) is 19.1 Å². The molecular formula is C18H13FN2O3. The monoisotopic (exact) mass is 324 g/mol. The smallest absolute Gasteiger partial charge is 0.342 e. The number of benzene rings is 2. The first-order valence-electron chi connectivity index (χ1n) is 7.17. The molecule has 6 heteroatoms. The van der Waals surface area contributed by atoms with Crippen molar-refractivity contribution in [3.8, 4) is 17.1 Å². The summed E-state index contributed by atoms with van der Waals surface area (Å²) in [6.45, 7) is 1.53. The number of carboxylic acid groups (broad SMARTS) is 1. The molecule has 0 aliphatic rings. The molecule has 24 heavy (non-hydrogen) atoms. The Balaban J connectivity index is 2.41. The van der Waals surface area contributed by atoms with Gasteiger partial charge in [-0.2, -0.15) is 0 Å². The van der Waals surface area contributed by atoms with E-state index >= 15 is 0 Å². The third-order valence-corrected chi connectivity index (χ3v) is 3.70. The van der Waals surface area contributed by atoms with E-state index < -0.39 is 22.9 Å². The van der Waals surface area contributed by atoms with E-state index in [-0.39, 0.29) is 17.1 Å². The summed E-state index contributed by atoms with van der Waals surface area (Å²) in [6.07, 6.45) is 1.03. The lowest BCUT2D eigenvalue weighted by Crippen LogP contribution is -2.28. The predicted molar refractivity (Wildman–Crippen MR) is 86.9 cm³/mol. The lowest BCUT2D eigenvalue weighted by Gasteiger charge is -2.15. The zero-order valence-corrected chi connectivity index (χ0v) is 12.7. The van der Waals surface area contributed by atoms with Gasteiger partial charge in [0.25, 0.3) is 5.56 Å². The van der Waals surface area contributed by atoms with Gasteiger partial charge in [0.2, 0.25) is 0 Å². The van der Waals surface area contributed by atoms with Gasteiger partial charge in [0, 0.05) is 17.3 Å². The van der Waals surface area contributed by atoms with Crippen LogP contribution in [0, 0.1) is 12.7 Å². The second-order valence-electron chi connectivity index (χ2n) is 5.19. The van der Waals surface area contributed by atoms with Crippen molar-refractivity contribution in [2.75, 3.05) is 0 Å². The molecule has 1 heterocycles. The van der Waals surface area contributed by atoms with Crippen LogP contribution in [0.4, 0.5) is 4.39 Å². The van der Waals surface area contributed by atoms with E-state index in [4.69, 9.17) is 0 Å². The SMILES string of the molecule is Cc1c(F)cccc1-n1c(-c2ccccc2)ncc(C(=O)O)c1=O. The fraction of sp³-hybridized carbons (Fsp3) is 0.0556. The maximum Gasteiger partial charge on any atom is 0.342 e. The van der Waals surface area contributed by atoms with Gasteiger partial charge in [-0.05, 0) is 19.1 Å². The molecule has 2 aromatic carbocycles. The summed E-state index contributed by atoms with van der Waals surface area (Å²) < 4.78 is 15.1. The first-order chi connectivity index (χ1) is 11.5. The molecule has 0 radical (unpaired) electrons.